The molecule has 3 nitrogen and oxygen atoms in total. The van der Waals surface area contributed by atoms with Crippen LogP contribution >= 0.6 is 0 Å². The number of hydrogen-bond donors (Lipinski definition) is 1. The fourth-order valence-corrected chi connectivity index (χ4v) is 2.85. The number of benzene rings is 2. The van der Waals surface area contributed by atoms with Gasteiger partial charge >= 0.3 is 0 Å². The summed E-state index contributed by atoms with van der Waals surface area (Å²) in [5.74, 6) is -0.659. The molecule has 21 heavy (non-hydrogen) atoms. The molecular weight excluding hydrogens is 289 g/mol. The minimum Gasteiger partial charge on any atom is -0.323 e. The molecule has 5 heteroatoms. The van der Waals surface area contributed by atoms with Gasteiger partial charge in [0.2, 0.25) is 5.91 Å². The van der Waals surface area contributed by atoms with Gasteiger partial charge in [0.05, 0.1) is 5.69 Å². The molecule has 1 amide bonds. The number of hydrogen-bond acceptors (Lipinski definition) is 2. The number of carbonyl (C=O) groups is 1. The Hall–Kier alpha value is -2.01. The summed E-state index contributed by atoms with van der Waals surface area (Å²) in [7, 11) is -1.36. The summed E-state index contributed by atoms with van der Waals surface area (Å²) in [6, 6.07) is 15.2. The van der Waals surface area contributed by atoms with Gasteiger partial charge in [-0.25, -0.2) is 4.39 Å². The van der Waals surface area contributed by atoms with Crippen molar-refractivity contribution in [3.8, 4) is 0 Å². The van der Waals surface area contributed by atoms with E-state index in [1.807, 2.05) is 30.3 Å². The van der Waals surface area contributed by atoms with Crippen molar-refractivity contribution in [1.82, 2.24) is 0 Å². The first-order valence-corrected chi connectivity index (χ1v) is 7.92. The molecule has 110 valence electrons. The van der Waals surface area contributed by atoms with Crippen LogP contribution in [0.25, 0.3) is 0 Å². The lowest BCUT2D eigenvalue weighted by Gasteiger charge is -2.12. The summed E-state index contributed by atoms with van der Waals surface area (Å²) in [6.45, 7) is 1.58. The van der Waals surface area contributed by atoms with Crippen LogP contribution in [0.3, 0.4) is 0 Å². The van der Waals surface area contributed by atoms with Crippen molar-refractivity contribution in [3.63, 3.8) is 0 Å². The Bertz CT molecular complexity index is 646. The molecule has 1 N–H and O–H groups in total. The Labute approximate surface area is 125 Å². The van der Waals surface area contributed by atoms with Crippen molar-refractivity contribution in [2.75, 3.05) is 5.32 Å². The van der Waals surface area contributed by atoms with Gasteiger partial charge in [0.1, 0.15) is 11.1 Å². The molecule has 0 unspecified atom stereocenters. The smallest absolute Gasteiger partial charge is 0.239 e. The molecular formula is C16H16FNO2S. The maximum atomic E-state index is 13.5. The summed E-state index contributed by atoms with van der Waals surface area (Å²) in [4.78, 5) is 12.0. The molecule has 2 atom stereocenters. The van der Waals surface area contributed by atoms with Crippen LogP contribution in [-0.4, -0.2) is 15.4 Å². The van der Waals surface area contributed by atoms with Gasteiger partial charge in [-0.05, 0) is 24.6 Å². The maximum Gasteiger partial charge on any atom is 0.239 e. The van der Waals surface area contributed by atoms with Crippen LogP contribution in [0.4, 0.5) is 10.1 Å². The molecule has 0 aliphatic carbocycles. The highest BCUT2D eigenvalue weighted by atomic mass is 32.2. The monoisotopic (exact) mass is 305 g/mol. The highest BCUT2D eigenvalue weighted by Gasteiger charge is 2.21. The first-order chi connectivity index (χ1) is 10.1. The number of carbonyl (C=O) groups excluding carboxylic acids is 1. The van der Waals surface area contributed by atoms with E-state index in [1.165, 1.54) is 12.1 Å². The van der Waals surface area contributed by atoms with E-state index in [4.69, 9.17) is 0 Å². The highest BCUT2D eigenvalue weighted by Crippen LogP contribution is 2.14. The SMILES string of the molecule is C[C@H](C(=O)Nc1ccccc1F)[S@@](=O)Cc1ccccc1. The van der Waals surface area contributed by atoms with Crippen LogP contribution in [0.5, 0.6) is 0 Å². The molecule has 0 aliphatic heterocycles. The molecule has 0 radical (unpaired) electrons. The van der Waals surface area contributed by atoms with Gasteiger partial charge in [0.15, 0.2) is 0 Å². The Morgan fingerprint density at radius 2 is 1.76 bits per heavy atom. The third-order valence-electron chi connectivity index (χ3n) is 3.05. The molecule has 0 aromatic heterocycles. The molecule has 0 saturated heterocycles. The molecule has 2 aromatic rings. The van der Waals surface area contributed by atoms with Crippen LogP contribution in [0.15, 0.2) is 54.6 Å². The summed E-state index contributed by atoms with van der Waals surface area (Å²) in [5.41, 5.74) is 1.01. The van der Waals surface area contributed by atoms with Crippen molar-refractivity contribution in [3.05, 3.63) is 66.0 Å². The molecule has 0 fully saturated rings. The van der Waals surface area contributed by atoms with Gasteiger partial charge < -0.3 is 5.32 Å². The van der Waals surface area contributed by atoms with Gasteiger partial charge in [-0.15, -0.1) is 0 Å². The molecule has 0 aliphatic rings. The van der Waals surface area contributed by atoms with Gasteiger partial charge in [-0.3, -0.25) is 9.00 Å². The highest BCUT2D eigenvalue weighted by molar-refractivity contribution is 7.85. The molecule has 0 spiro atoms. The lowest BCUT2D eigenvalue weighted by Crippen LogP contribution is -2.30. The largest absolute Gasteiger partial charge is 0.323 e. The molecule has 2 rings (SSSR count). The van der Waals surface area contributed by atoms with Gasteiger partial charge in [0, 0.05) is 16.6 Å². The van der Waals surface area contributed by atoms with Gasteiger partial charge in [-0.2, -0.15) is 0 Å². The zero-order valence-corrected chi connectivity index (χ0v) is 12.4. The topological polar surface area (TPSA) is 46.2 Å². The number of amides is 1. The van der Waals surface area contributed by atoms with Crippen molar-refractivity contribution in [2.45, 2.75) is 17.9 Å². The minimum absolute atomic E-state index is 0.103. The Kier molecular flexibility index (Phi) is 5.22. The van der Waals surface area contributed by atoms with E-state index in [1.54, 1.807) is 19.1 Å². The Morgan fingerprint density at radius 3 is 2.43 bits per heavy atom. The quantitative estimate of drug-likeness (QED) is 0.922. The second-order valence-electron chi connectivity index (χ2n) is 4.62. The summed E-state index contributed by atoms with van der Waals surface area (Å²) < 4.78 is 25.7. The van der Waals surface area contributed by atoms with E-state index in [-0.39, 0.29) is 5.69 Å². The average Bonchev–Trinajstić information content (AvgIpc) is 2.49. The zero-order valence-electron chi connectivity index (χ0n) is 11.6. The molecule has 0 heterocycles. The number of nitrogens with one attached hydrogen (secondary N) is 1. The Balaban J connectivity index is 1.99. The van der Waals surface area contributed by atoms with Crippen molar-refractivity contribution in [2.24, 2.45) is 0 Å². The second kappa shape index (κ2) is 7.13. The van der Waals surface area contributed by atoms with Crippen LogP contribution in [-0.2, 0) is 21.3 Å². The summed E-state index contributed by atoms with van der Waals surface area (Å²) in [6.07, 6.45) is 0. The van der Waals surface area contributed by atoms with Crippen LogP contribution < -0.4 is 5.32 Å². The van der Waals surface area contributed by atoms with Crippen LogP contribution in [0.2, 0.25) is 0 Å². The van der Waals surface area contributed by atoms with E-state index in [0.717, 1.165) is 5.56 Å². The number of rotatable bonds is 5. The number of halogens is 1. The van der Waals surface area contributed by atoms with Crippen LogP contribution in [0.1, 0.15) is 12.5 Å². The van der Waals surface area contributed by atoms with Crippen molar-refractivity contribution in [1.29, 1.82) is 0 Å². The first kappa shape index (κ1) is 15.4. The minimum atomic E-state index is -1.36. The Morgan fingerprint density at radius 1 is 1.14 bits per heavy atom. The normalized spacial score (nSPS) is 13.4. The first-order valence-electron chi connectivity index (χ1n) is 6.54. The third kappa shape index (κ3) is 4.23. The molecule has 0 bridgehead atoms. The van der Waals surface area contributed by atoms with E-state index < -0.39 is 27.8 Å². The van der Waals surface area contributed by atoms with E-state index in [9.17, 15) is 13.4 Å². The van der Waals surface area contributed by atoms with Gasteiger partial charge in [-0.1, -0.05) is 42.5 Å². The second-order valence-corrected chi connectivity index (χ2v) is 6.38. The van der Waals surface area contributed by atoms with Crippen molar-refractivity contribution >= 4 is 22.4 Å². The fraction of sp³-hybridized carbons (Fsp3) is 0.188. The lowest BCUT2D eigenvalue weighted by atomic mass is 10.2. The maximum absolute atomic E-state index is 13.5. The van der Waals surface area contributed by atoms with Crippen molar-refractivity contribution < 1.29 is 13.4 Å². The third-order valence-corrected chi connectivity index (χ3v) is 4.67. The number of para-hydroxylation sites is 1. The number of anilines is 1. The molecule has 2 aromatic carbocycles. The molecule has 0 saturated carbocycles. The van der Waals surface area contributed by atoms with E-state index in [2.05, 4.69) is 5.32 Å². The lowest BCUT2D eigenvalue weighted by molar-refractivity contribution is -0.115. The average molecular weight is 305 g/mol. The summed E-state index contributed by atoms with van der Waals surface area (Å²) >= 11 is 0. The standard InChI is InChI=1S/C16H16FNO2S/c1-12(21(20)11-13-7-3-2-4-8-13)16(19)18-15-10-6-5-9-14(15)17/h2-10,12H,11H2,1H3,(H,18,19)/t12-,21+/m1/s1. The summed E-state index contributed by atoms with van der Waals surface area (Å²) in [5, 5.41) is 1.75. The van der Waals surface area contributed by atoms with Crippen LogP contribution in [0, 0.1) is 5.82 Å². The zero-order chi connectivity index (χ0) is 15.2. The van der Waals surface area contributed by atoms with E-state index in [0.29, 0.717) is 5.75 Å². The van der Waals surface area contributed by atoms with Gasteiger partial charge in [0.25, 0.3) is 0 Å². The predicted octanol–water partition coefficient (Wildman–Crippen LogP) is 3.10. The predicted molar refractivity (Wildman–Crippen MR) is 82.8 cm³/mol. The van der Waals surface area contributed by atoms with E-state index >= 15 is 0 Å². The fourth-order valence-electron chi connectivity index (χ4n) is 1.78.